The van der Waals surface area contributed by atoms with Gasteiger partial charge < -0.3 is 20.7 Å². The molecule has 0 radical (unpaired) electrons. The van der Waals surface area contributed by atoms with E-state index in [1.807, 2.05) is 59.5 Å². The van der Waals surface area contributed by atoms with Crippen molar-refractivity contribution in [3.05, 3.63) is 120 Å². The van der Waals surface area contributed by atoms with E-state index in [2.05, 4.69) is 29.6 Å². The standard InChI is InChI=1S/C35H38FN3O3/c36-30-14-13-28-21-25(11-12-29(28)22-30)24-42-34(40)16-15-31-18-20-39(35(41)33(38-31)17-19-37)23-32(26-7-3-1-4-8-26)27-9-5-2-6-10-27/h1-14,21-22,31-33,38H,15-20,23-24,37H2/t31-,33+/m1/s1. The second-order valence-corrected chi connectivity index (χ2v) is 11.0. The number of esters is 1. The molecule has 0 unspecified atom stereocenters. The summed E-state index contributed by atoms with van der Waals surface area (Å²) in [4.78, 5) is 28.3. The van der Waals surface area contributed by atoms with E-state index in [0.29, 0.717) is 32.5 Å². The number of ether oxygens (including phenoxy) is 1. The van der Waals surface area contributed by atoms with Crippen LogP contribution in [0.1, 0.15) is 48.3 Å². The van der Waals surface area contributed by atoms with Gasteiger partial charge in [-0.1, -0.05) is 78.9 Å². The van der Waals surface area contributed by atoms with Crippen molar-refractivity contribution in [2.24, 2.45) is 5.73 Å². The molecule has 7 heteroatoms. The fraction of sp³-hybridized carbons (Fsp3) is 0.314. The molecular formula is C35H38FN3O3. The zero-order chi connectivity index (χ0) is 29.3. The maximum absolute atomic E-state index is 13.7. The van der Waals surface area contributed by atoms with Crippen LogP contribution in [0.2, 0.25) is 0 Å². The summed E-state index contributed by atoms with van der Waals surface area (Å²) in [5, 5.41) is 5.20. The van der Waals surface area contributed by atoms with Gasteiger partial charge in [0.05, 0.1) is 6.04 Å². The van der Waals surface area contributed by atoms with Crippen LogP contribution in [0.4, 0.5) is 4.39 Å². The van der Waals surface area contributed by atoms with Gasteiger partial charge in [0.1, 0.15) is 12.4 Å². The molecule has 4 aromatic carbocycles. The second kappa shape index (κ2) is 14.2. The first-order chi connectivity index (χ1) is 20.5. The van der Waals surface area contributed by atoms with Crippen LogP contribution in [0.3, 0.4) is 0 Å². The van der Waals surface area contributed by atoms with Crippen LogP contribution in [0.25, 0.3) is 10.8 Å². The summed E-state index contributed by atoms with van der Waals surface area (Å²) in [6.45, 7) is 1.72. The molecule has 4 aromatic rings. The van der Waals surface area contributed by atoms with Crippen LogP contribution >= 0.6 is 0 Å². The number of fused-ring (bicyclic) bond motifs is 1. The van der Waals surface area contributed by atoms with Gasteiger partial charge in [-0.2, -0.15) is 0 Å². The summed E-state index contributed by atoms with van der Waals surface area (Å²) in [6, 6.07) is 30.4. The summed E-state index contributed by atoms with van der Waals surface area (Å²) in [5.41, 5.74) is 9.09. The molecule has 1 fully saturated rings. The minimum Gasteiger partial charge on any atom is -0.461 e. The Morgan fingerprint density at radius 1 is 0.929 bits per heavy atom. The minimum absolute atomic E-state index is 0.00878. The fourth-order valence-corrected chi connectivity index (χ4v) is 5.74. The molecule has 0 saturated carbocycles. The molecule has 3 N–H and O–H groups in total. The van der Waals surface area contributed by atoms with Crippen molar-refractivity contribution >= 4 is 22.6 Å². The number of halogens is 1. The number of rotatable bonds is 11. The molecule has 1 saturated heterocycles. The van der Waals surface area contributed by atoms with Gasteiger partial charge in [-0.05, 0) is 71.5 Å². The van der Waals surface area contributed by atoms with Crippen molar-refractivity contribution in [2.45, 2.75) is 50.3 Å². The predicted molar refractivity (Wildman–Crippen MR) is 163 cm³/mol. The van der Waals surface area contributed by atoms with Crippen molar-refractivity contribution in [2.75, 3.05) is 19.6 Å². The van der Waals surface area contributed by atoms with Gasteiger partial charge >= 0.3 is 5.97 Å². The third-order valence-corrected chi connectivity index (χ3v) is 8.02. The minimum atomic E-state index is -0.395. The quantitative estimate of drug-likeness (QED) is 0.233. The highest BCUT2D eigenvalue weighted by molar-refractivity contribution is 5.83. The Morgan fingerprint density at radius 2 is 1.60 bits per heavy atom. The van der Waals surface area contributed by atoms with Crippen molar-refractivity contribution in [1.29, 1.82) is 0 Å². The lowest BCUT2D eigenvalue weighted by molar-refractivity contribution is -0.145. The third kappa shape index (κ3) is 7.60. The van der Waals surface area contributed by atoms with E-state index in [9.17, 15) is 14.0 Å². The Morgan fingerprint density at radius 3 is 2.29 bits per heavy atom. The molecule has 0 bridgehead atoms. The Bertz CT molecular complexity index is 1440. The topological polar surface area (TPSA) is 84.7 Å². The number of hydrogen-bond donors (Lipinski definition) is 2. The number of benzene rings is 4. The molecule has 6 nitrogen and oxygen atoms in total. The number of nitrogens with two attached hydrogens (primary N) is 1. The highest BCUT2D eigenvalue weighted by atomic mass is 19.1. The Hall–Kier alpha value is -4.07. The zero-order valence-corrected chi connectivity index (χ0v) is 23.8. The van der Waals surface area contributed by atoms with Crippen molar-refractivity contribution in [3.63, 3.8) is 0 Å². The molecule has 0 spiro atoms. The van der Waals surface area contributed by atoms with Crippen LogP contribution in [0.5, 0.6) is 0 Å². The predicted octanol–water partition coefficient (Wildman–Crippen LogP) is 5.54. The lowest BCUT2D eigenvalue weighted by Crippen LogP contribution is -2.47. The van der Waals surface area contributed by atoms with Gasteiger partial charge in [-0.15, -0.1) is 0 Å². The maximum atomic E-state index is 13.7. The van der Waals surface area contributed by atoms with E-state index < -0.39 is 6.04 Å². The molecule has 1 heterocycles. The van der Waals surface area contributed by atoms with Gasteiger partial charge in [0, 0.05) is 31.5 Å². The Kier molecular flexibility index (Phi) is 9.95. The van der Waals surface area contributed by atoms with E-state index in [4.69, 9.17) is 10.5 Å². The Balaban J connectivity index is 1.20. The number of nitrogens with one attached hydrogen (secondary N) is 1. The third-order valence-electron chi connectivity index (χ3n) is 8.02. The van der Waals surface area contributed by atoms with E-state index in [-0.39, 0.29) is 42.7 Å². The van der Waals surface area contributed by atoms with E-state index in [1.165, 1.54) is 23.3 Å². The number of carbonyl (C=O) groups is 2. The molecule has 2 atom stereocenters. The fourth-order valence-electron chi connectivity index (χ4n) is 5.74. The van der Waals surface area contributed by atoms with Gasteiger partial charge in [0.2, 0.25) is 5.91 Å². The highest BCUT2D eigenvalue weighted by Gasteiger charge is 2.32. The second-order valence-electron chi connectivity index (χ2n) is 11.0. The monoisotopic (exact) mass is 567 g/mol. The van der Waals surface area contributed by atoms with Gasteiger partial charge in [-0.25, -0.2) is 4.39 Å². The van der Waals surface area contributed by atoms with Crippen LogP contribution in [0, 0.1) is 5.82 Å². The zero-order valence-electron chi connectivity index (χ0n) is 23.8. The molecule has 5 rings (SSSR count). The van der Waals surface area contributed by atoms with E-state index in [1.54, 1.807) is 6.07 Å². The van der Waals surface area contributed by atoms with Gasteiger partial charge in [0.25, 0.3) is 0 Å². The largest absolute Gasteiger partial charge is 0.461 e. The number of carbonyl (C=O) groups excluding carboxylic acids is 2. The van der Waals surface area contributed by atoms with Crippen molar-refractivity contribution < 1.29 is 18.7 Å². The maximum Gasteiger partial charge on any atom is 0.306 e. The normalized spacial score (nSPS) is 17.4. The van der Waals surface area contributed by atoms with Crippen LogP contribution in [0.15, 0.2) is 97.1 Å². The first-order valence-corrected chi connectivity index (χ1v) is 14.7. The van der Waals surface area contributed by atoms with Crippen LogP contribution in [-0.2, 0) is 20.9 Å². The molecule has 1 aliphatic heterocycles. The number of hydrogen-bond acceptors (Lipinski definition) is 5. The summed E-state index contributed by atoms with van der Waals surface area (Å²) >= 11 is 0. The van der Waals surface area contributed by atoms with Gasteiger partial charge in [0.15, 0.2) is 0 Å². The Labute approximate surface area is 246 Å². The average Bonchev–Trinajstić information content (AvgIpc) is 3.16. The SMILES string of the molecule is NCC[C@@H]1N[C@H](CCC(=O)OCc2ccc3cc(F)ccc3c2)CCN(CC(c2ccccc2)c2ccccc2)C1=O. The smallest absolute Gasteiger partial charge is 0.306 e. The summed E-state index contributed by atoms with van der Waals surface area (Å²) in [5.74, 6) is -0.458. The first-order valence-electron chi connectivity index (χ1n) is 14.7. The molecule has 1 amide bonds. The molecular weight excluding hydrogens is 529 g/mol. The molecule has 218 valence electrons. The average molecular weight is 568 g/mol. The summed E-state index contributed by atoms with van der Waals surface area (Å²) < 4.78 is 19.0. The summed E-state index contributed by atoms with van der Waals surface area (Å²) in [7, 11) is 0. The van der Waals surface area contributed by atoms with Crippen LogP contribution in [-0.4, -0.2) is 48.5 Å². The number of amides is 1. The molecule has 0 aliphatic carbocycles. The lowest BCUT2D eigenvalue weighted by atomic mass is 9.90. The number of nitrogens with zero attached hydrogens (tertiary/aromatic N) is 1. The molecule has 42 heavy (non-hydrogen) atoms. The van der Waals surface area contributed by atoms with Crippen LogP contribution < -0.4 is 11.1 Å². The van der Waals surface area contributed by atoms with Crippen molar-refractivity contribution in [3.8, 4) is 0 Å². The highest BCUT2D eigenvalue weighted by Crippen LogP contribution is 2.27. The molecule has 1 aliphatic rings. The lowest BCUT2D eigenvalue weighted by Gasteiger charge is -2.29. The van der Waals surface area contributed by atoms with E-state index >= 15 is 0 Å². The first kappa shape index (κ1) is 29.4. The van der Waals surface area contributed by atoms with Gasteiger partial charge in [-0.3, -0.25) is 9.59 Å². The van der Waals surface area contributed by atoms with Crippen molar-refractivity contribution in [1.82, 2.24) is 10.2 Å². The van der Waals surface area contributed by atoms with E-state index in [0.717, 1.165) is 22.8 Å². The summed E-state index contributed by atoms with van der Waals surface area (Å²) in [6.07, 6.45) is 2.08. The molecule has 0 aromatic heterocycles.